The number of sulfonamides is 1. The number of nitriles is 1. The lowest BCUT2D eigenvalue weighted by Crippen LogP contribution is -2.51. The van der Waals surface area contributed by atoms with Gasteiger partial charge < -0.3 is 19.9 Å². The van der Waals surface area contributed by atoms with Crippen LogP contribution in [0.25, 0.3) is 0 Å². The average molecular weight is 496 g/mol. The van der Waals surface area contributed by atoms with Crippen LogP contribution in [0.5, 0.6) is 5.88 Å². The number of hydrogen-bond acceptors (Lipinski definition) is 10. The van der Waals surface area contributed by atoms with Crippen LogP contribution in [0.15, 0.2) is 23.5 Å². The van der Waals surface area contributed by atoms with Crippen LogP contribution in [-0.2, 0) is 21.8 Å². The Morgan fingerprint density at radius 3 is 2.85 bits per heavy atom. The van der Waals surface area contributed by atoms with Crippen molar-refractivity contribution < 1.29 is 27.4 Å². The molecular formula is C20H26FN7O5S. The summed E-state index contributed by atoms with van der Waals surface area (Å²) in [5.41, 5.74) is -1.19. The van der Waals surface area contributed by atoms with Crippen LogP contribution in [0.2, 0.25) is 0 Å². The van der Waals surface area contributed by atoms with E-state index in [4.69, 9.17) is 9.47 Å². The maximum atomic E-state index is 15.0. The highest BCUT2D eigenvalue weighted by molar-refractivity contribution is 7.89. The summed E-state index contributed by atoms with van der Waals surface area (Å²) in [5, 5.41) is 26.6. The fraction of sp³-hybridized carbons (Fsp3) is 0.600. The molecule has 0 saturated carbocycles. The maximum absolute atomic E-state index is 15.0. The Morgan fingerprint density at radius 1 is 1.41 bits per heavy atom. The molecule has 0 bridgehead atoms. The zero-order valence-electron chi connectivity index (χ0n) is 18.8. The largest absolute Gasteiger partial charge is 0.470 e. The molecule has 4 heterocycles. The van der Waals surface area contributed by atoms with Crippen molar-refractivity contribution >= 4 is 16.0 Å². The third-order valence-electron chi connectivity index (χ3n) is 5.88. The summed E-state index contributed by atoms with van der Waals surface area (Å²) in [6, 6.07) is 1.20. The van der Waals surface area contributed by atoms with Crippen LogP contribution in [0.3, 0.4) is 0 Å². The Bertz CT molecular complexity index is 1180. The number of aryl methyl sites for hydroxylation is 1. The van der Waals surface area contributed by atoms with E-state index in [9.17, 15) is 23.2 Å². The summed E-state index contributed by atoms with van der Waals surface area (Å²) < 4.78 is 54.1. The standard InChI is InChI=1S/C20H26FN7O5S/c1-20(29)12-32-6-4-17(20)33-18-13(7-22)8-23-19(26-18)25-16-3-5-28(11-15(16)21)34(30,31)14-9-24-27(2)10-14/h8-10,15-17,29H,3-6,11-12H2,1-2H3,(H,23,25,26)/t15-,16+,17-,20+/m1/s1. The maximum Gasteiger partial charge on any atom is 0.246 e. The molecule has 0 amide bonds. The fourth-order valence-electron chi connectivity index (χ4n) is 3.90. The van der Waals surface area contributed by atoms with E-state index in [0.29, 0.717) is 13.0 Å². The molecule has 4 rings (SSSR count). The molecule has 12 nitrogen and oxygen atoms in total. The Balaban J connectivity index is 1.45. The molecule has 2 saturated heterocycles. The van der Waals surface area contributed by atoms with E-state index in [1.807, 2.05) is 6.07 Å². The average Bonchev–Trinajstić information content (AvgIpc) is 3.24. The van der Waals surface area contributed by atoms with Gasteiger partial charge >= 0.3 is 0 Å². The number of rotatable bonds is 6. The molecule has 0 spiro atoms. The minimum absolute atomic E-state index is 0.00909. The van der Waals surface area contributed by atoms with Crippen LogP contribution >= 0.6 is 0 Å². The van der Waals surface area contributed by atoms with Crippen LogP contribution < -0.4 is 10.1 Å². The van der Waals surface area contributed by atoms with E-state index in [1.54, 1.807) is 14.0 Å². The number of nitrogens with zero attached hydrogens (tertiary/aromatic N) is 6. The minimum Gasteiger partial charge on any atom is -0.470 e. The fourth-order valence-corrected chi connectivity index (χ4v) is 5.35. The normalized spacial score (nSPS) is 28.3. The van der Waals surface area contributed by atoms with Gasteiger partial charge in [-0.15, -0.1) is 0 Å². The molecule has 0 aliphatic carbocycles. The Morgan fingerprint density at radius 2 is 2.21 bits per heavy atom. The van der Waals surface area contributed by atoms with Crippen LogP contribution in [0.1, 0.15) is 25.3 Å². The minimum atomic E-state index is -3.85. The highest BCUT2D eigenvalue weighted by Crippen LogP contribution is 2.28. The lowest BCUT2D eigenvalue weighted by Gasteiger charge is -2.36. The lowest BCUT2D eigenvalue weighted by molar-refractivity contribution is -0.139. The smallest absolute Gasteiger partial charge is 0.246 e. The number of alkyl halides is 1. The first-order valence-electron chi connectivity index (χ1n) is 10.7. The molecule has 4 atom stereocenters. The van der Waals surface area contributed by atoms with Crippen molar-refractivity contribution in [3.63, 3.8) is 0 Å². The van der Waals surface area contributed by atoms with Gasteiger partial charge in [0.15, 0.2) is 0 Å². The summed E-state index contributed by atoms with van der Waals surface area (Å²) in [4.78, 5) is 8.30. The monoisotopic (exact) mass is 495 g/mol. The number of piperidine rings is 1. The Labute approximate surface area is 196 Å². The predicted octanol–water partition coefficient (Wildman–Crippen LogP) is 0.214. The quantitative estimate of drug-likeness (QED) is 0.568. The summed E-state index contributed by atoms with van der Waals surface area (Å²) in [5.74, 6) is 0.0103. The van der Waals surface area contributed by atoms with Crippen LogP contribution in [-0.4, -0.2) is 87.8 Å². The van der Waals surface area contributed by atoms with Crippen molar-refractivity contribution in [3.05, 3.63) is 24.2 Å². The molecule has 2 aliphatic rings. The second-order valence-electron chi connectivity index (χ2n) is 8.60. The predicted molar refractivity (Wildman–Crippen MR) is 116 cm³/mol. The second-order valence-corrected chi connectivity index (χ2v) is 10.5. The number of nitrogens with one attached hydrogen (secondary N) is 1. The molecule has 2 N–H and O–H groups in total. The molecule has 2 aromatic heterocycles. The third-order valence-corrected chi connectivity index (χ3v) is 7.70. The second kappa shape index (κ2) is 9.41. The van der Waals surface area contributed by atoms with Gasteiger partial charge in [0.05, 0.1) is 31.6 Å². The van der Waals surface area contributed by atoms with Gasteiger partial charge in [-0.3, -0.25) is 4.68 Å². The molecule has 2 aliphatic heterocycles. The van der Waals surface area contributed by atoms with Gasteiger partial charge in [-0.1, -0.05) is 0 Å². The van der Waals surface area contributed by atoms with E-state index in [1.165, 1.54) is 23.3 Å². The summed E-state index contributed by atoms with van der Waals surface area (Å²) in [6.07, 6.45) is 2.26. The first-order chi connectivity index (χ1) is 16.1. The Hall–Kier alpha value is -2.86. The molecule has 0 unspecified atom stereocenters. The van der Waals surface area contributed by atoms with Crippen molar-refractivity contribution in [2.24, 2.45) is 7.05 Å². The molecular weight excluding hydrogens is 469 g/mol. The zero-order valence-corrected chi connectivity index (χ0v) is 19.6. The SMILES string of the molecule is Cn1cc(S(=O)(=O)N2CC[C@H](Nc3ncc(C#N)c(O[C@@H]4CCOC[C@]4(C)O)n3)[C@H](F)C2)cn1. The van der Waals surface area contributed by atoms with E-state index in [-0.39, 0.29) is 48.4 Å². The third kappa shape index (κ3) is 4.97. The van der Waals surface area contributed by atoms with Crippen LogP contribution in [0, 0.1) is 11.3 Å². The van der Waals surface area contributed by atoms with Gasteiger partial charge in [0.25, 0.3) is 0 Å². The highest BCUT2D eigenvalue weighted by atomic mass is 32.2. The van der Waals surface area contributed by atoms with E-state index in [0.717, 1.165) is 4.31 Å². The molecule has 0 aromatic carbocycles. The first kappa shape index (κ1) is 24.3. The van der Waals surface area contributed by atoms with Crippen molar-refractivity contribution in [2.75, 3.05) is 31.6 Å². The van der Waals surface area contributed by atoms with Crippen molar-refractivity contribution in [2.45, 2.75) is 48.6 Å². The molecule has 2 aromatic rings. The molecule has 184 valence electrons. The molecule has 34 heavy (non-hydrogen) atoms. The van der Waals surface area contributed by atoms with Gasteiger partial charge in [-0.2, -0.15) is 19.6 Å². The zero-order chi connectivity index (χ0) is 24.5. The number of anilines is 1. The van der Waals surface area contributed by atoms with Crippen LogP contribution in [0.4, 0.5) is 10.3 Å². The van der Waals surface area contributed by atoms with Crippen molar-refractivity contribution in [1.29, 1.82) is 5.26 Å². The summed E-state index contributed by atoms with van der Waals surface area (Å²) in [7, 11) is -2.25. The number of ether oxygens (including phenoxy) is 2. The van der Waals surface area contributed by atoms with Crippen molar-refractivity contribution in [3.8, 4) is 11.9 Å². The van der Waals surface area contributed by atoms with Gasteiger partial charge in [0.1, 0.15) is 34.4 Å². The number of aliphatic hydroxyl groups is 1. The topological polar surface area (TPSA) is 155 Å². The van der Waals surface area contributed by atoms with Gasteiger partial charge in [-0.25, -0.2) is 17.8 Å². The van der Waals surface area contributed by atoms with E-state index in [2.05, 4.69) is 20.4 Å². The van der Waals surface area contributed by atoms with E-state index >= 15 is 0 Å². The molecule has 2 fully saturated rings. The lowest BCUT2D eigenvalue weighted by atomic mass is 9.95. The molecule has 0 radical (unpaired) electrons. The summed E-state index contributed by atoms with van der Waals surface area (Å²) in [6.45, 7) is 1.81. The van der Waals surface area contributed by atoms with Crippen molar-refractivity contribution in [1.82, 2.24) is 24.1 Å². The van der Waals surface area contributed by atoms with Gasteiger partial charge in [0.2, 0.25) is 21.9 Å². The molecule has 14 heteroatoms. The Kier molecular flexibility index (Phi) is 6.72. The first-order valence-corrected chi connectivity index (χ1v) is 12.2. The van der Waals surface area contributed by atoms with E-state index < -0.39 is 33.9 Å². The van der Waals surface area contributed by atoms with Gasteiger partial charge in [-0.05, 0) is 13.3 Å². The summed E-state index contributed by atoms with van der Waals surface area (Å²) >= 11 is 0. The number of hydrogen-bond donors (Lipinski definition) is 2. The number of aromatic nitrogens is 4. The van der Waals surface area contributed by atoms with Gasteiger partial charge in [0, 0.05) is 32.8 Å². The number of halogens is 1. The highest BCUT2D eigenvalue weighted by Gasteiger charge is 2.39.